The second-order valence-corrected chi connectivity index (χ2v) is 11.7. The van der Waals surface area contributed by atoms with Crippen LogP contribution in [-0.4, -0.2) is 53.8 Å². The van der Waals surface area contributed by atoms with E-state index in [2.05, 4.69) is 31.2 Å². The molecule has 0 saturated carbocycles. The van der Waals surface area contributed by atoms with Gasteiger partial charge in [0.25, 0.3) is 17.7 Å². The Kier molecular flexibility index (Phi) is 8.53. The Hall–Kier alpha value is -5.15. The fourth-order valence-corrected chi connectivity index (χ4v) is 6.06. The van der Waals surface area contributed by atoms with E-state index in [4.69, 9.17) is 0 Å². The van der Waals surface area contributed by atoms with Crippen molar-refractivity contribution in [3.05, 3.63) is 106 Å². The van der Waals surface area contributed by atoms with Gasteiger partial charge in [0.1, 0.15) is 0 Å². The number of benzene rings is 3. The number of aryl methyl sites for hydroxylation is 2. The van der Waals surface area contributed by atoms with Crippen LogP contribution >= 0.6 is 0 Å². The third-order valence-corrected chi connectivity index (χ3v) is 8.54. The number of carbonyl (C=O) groups excluding carboxylic acids is 3. The lowest BCUT2D eigenvalue weighted by Gasteiger charge is -2.15. The number of nitrogens with one attached hydrogen (secondary N) is 5. The molecule has 2 aliphatic rings. The molecule has 3 amide bonds. The Bertz CT molecular complexity index is 1800. The summed E-state index contributed by atoms with van der Waals surface area (Å²) in [5.74, 6) is -0.515. The van der Waals surface area contributed by atoms with E-state index in [0.29, 0.717) is 34.6 Å². The molecule has 0 spiro atoms. The number of rotatable bonds is 9. The molecule has 3 heterocycles. The number of carbonyl (C=O) groups is 3. The van der Waals surface area contributed by atoms with Gasteiger partial charge in [-0.2, -0.15) is 0 Å². The number of aromatic amines is 1. The molecule has 0 aliphatic carbocycles. The van der Waals surface area contributed by atoms with Gasteiger partial charge in [-0.25, -0.2) is 0 Å². The van der Waals surface area contributed by atoms with Gasteiger partial charge >= 0.3 is 0 Å². The fraction of sp³-hybridized carbons (Fsp3) is 0.250. The van der Waals surface area contributed by atoms with Gasteiger partial charge in [0.15, 0.2) is 0 Å². The Morgan fingerprint density at radius 1 is 0.911 bits per heavy atom. The molecule has 45 heavy (non-hydrogen) atoms. The molecule has 5 N–H and O–H groups in total. The minimum absolute atomic E-state index is 0.106. The first-order valence-electron chi connectivity index (χ1n) is 15.4. The largest absolute Gasteiger partial charge is 0.358 e. The monoisotopic (exact) mass is 602 g/mol. The number of hydrogen-bond acceptors (Lipinski definition) is 5. The van der Waals surface area contributed by atoms with Gasteiger partial charge in [0.2, 0.25) is 0 Å². The van der Waals surface area contributed by atoms with Crippen molar-refractivity contribution in [3.8, 4) is 0 Å². The second-order valence-electron chi connectivity index (χ2n) is 11.7. The zero-order chi connectivity index (χ0) is 31.5. The number of aromatic nitrogens is 1. The lowest BCUT2D eigenvalue weighted by Crippen LogP contribution is -2.33. The maximum absolute atomic E-state index is 13.3. The summed E-state index contributed by atoms with van der Waals surface area (Å²) in [5, 5.41) is 12.5. The van der Waals surface area contributed by atoms with Crippen molar-refractivity contribution in [2.75, 3.05) is 42.1 Å². The topological polar surface area (TPSA) is 118 Å². The standard InChI is InChI=1S/C36H38N6O3/c1-22-14-15-26(39-34(43)25-10-5-4-6-11-25)20-30(22)40-29-13-9-12-27-28(35(44)41-33(27)29)21-31-23(2)32(24(3)38-31)36(45)37-16-19-42-17-7-8-18-42/h4-6,9-15,20-21,38,40H,7-8,16-19H2,1-3H3,(H,37,45)(H,39,43)(H,41,44). The van der Waals surface area contributed by atoms with E-state index < -0.39 is 0 Å². The summed E-state index contributed by atoms with van der Waals surface area (Å²) in [6.45, 7) is 9.41. The maximum atomic E-state index is 13.3. The van der Waals surface area contributed by atoms with Crippen LogP contribution in [0, 0.1) is 20.8 Å². The summed E-state index contributed by atoms with van der Waals surface area (Å²) in [6.07, 6.45) is 4.26. The lowest BCUT2D eigenvalue weighted by molar-refractivity contribution is -0.110. The second kappa shape index (κ2) is 12.8. The molecular formula is C36H38N6O3. The molecule has 3 aromatic carbocycles. The van der Waals surface area contributed by atoms with Gasteiger partial charge in [0.05, 0.1) is 22.5 Å². The number of amides is 3. The highest BCUT2D eigenvalue weighted by molar-refractivity contribution is 6.36. The zero-order valence-electron chi connectivity index (χ0n) is 25.8. The summed E-state index contributed by atoms with van der Waals surface area (Å²) in [4.78, 5) is 44.8. The van der Waals surface area contributed by atoms with Crippen molar-refractivity contribution >= 4 is 52.1 Å². The van der Waals surface area contributed by atoms with Crippen molar-refractivity contribution < 1.29 is 14.4 Å². The average molecular weight is 603 g/mol. The summed E-state index contributed by atoms with van der Waals surface area (Å²) in [7, 11) is 0. The molecule has 2 aliphatic heterocycles. The molecule has 4 aromatic rings. The van der Waals surface area contributed by atoms with Crippen molar-refractivity contribution in [2.24, 2.45) is 0 Å². The van der Waals surface area contributed by atoms with Crippen LogP contribution < -0.4 is 21.3 Å². The number of nitrogens with zero attached hydrogens (tertiary/aromatic N) is 1. The van der Waals surface area contributed by atoms with Gasteiger partial charge in [-0.05, 0) is 94.2 Å². The Morgan fingerprint density at radius 2 is 1.69 bits per heavy atom. The minimum atomic E-state index is -0.219. The van der Waals surface area contributed by atoms with Crippen LogP contribution in [-0.2, 0) is 4.79 Å². The summed E-state index contributed by atoms with van der Waals surface area (Å²) >= 11 is 0. The average Bonchev–Trinajstić information content (AvgIpc) is 3.74. The fourth-order valence-electron chi connectivity index (χ4n) is 6.06. The minimum Gasteiger partial charge on any atom is -0.358 e. The summed E-state index contributed by atoms with van der Waals surface area (Å²) < 4.78 is 0. The maximum Gasteiger partial charge on any atom is 0.256 e. The summed E-state index contributed by atoms with van der Waals surface area (Å²) in [6, 6.07) is 20.5. The molecule has 0 unspecified atom stereocenters. The van der Waals surface area contributed by atoms with E-state index in [1.54, 1.807) is 12.1 Å². The Labute approximate surface area is 263 Å². The molecule has 6 rings (SSSR count). The van der Waals surface area contributed by atoms with Crippen molar-refractivity contribution in [2.45, 2.75) is 33.6 Å². The highest BCUT2D eigenvalue weighted by Gasteiger charge is 2.28. The first-order chi connectivity index (χ1) is 21.8. The normalized spacial score (nSPS) is 15.2. The van der Waals surface area contributed by atoms with Crippen LogP contribution in [0.5, 0.6) is 0 Å². The highest BCUT2D eigenvalue weighted by Crippen LogP contribution is 2.40. The van der Waals surface area contributed by atoms with Crippen molar-refractivity contribution in [3.63, 3.8) is 0 Å². The SMILES string of the molecule is Cc1ccc(NC(=O)c2ccccc2)cc1Nc1cccc2c1NC(=O)C2=Cc1[nH]c(C)c(C(=O)NCCN2CCCC2)c1C. The van der Waals surface area contributed by atoms with Crippen molar-refractivity contribution in [1.29, 1.82) is 0 Å². The molecule has 1 saturated heterocycles. The molecule has 1 aromatic heterocycles. The molecule has 9 nitrogen and oxygen atoms in total. The molecule has 1 fully saturated rings. The smallest absolute Gasteiger partial charge is 0.256 e. The highest BCUT2D eigenvalue weighted by atomic mass is 16.2. The third kappa shape index (κ3) is 6.39. The number of H-pyrrole nitrogens is 1. The molecule has 0 atom stereocenters. The number of hydrogen-bond donors (Lipinski definition) is 5. The Balaban J connectivity index is 1.21. The van der Waals surface area contributed by atoms with Gasteiger partial charge < -0.3 is 31.2 Å². The number of para-hydroxylation sites is 1. The number of fused-ring (bicyclic) bond motifs is 1. The third-order valence-electron chi connectivity index (χ3n) is 8.54. The number of anilines is 4. The zero-order valence-corrected chi connectivity index (χ0v) is 25.8. The van der Waals surface area contributed by atoms with Gasteiger partial charge in [-0.3, -0.25) is 14.4 Å². The van der Waals surface area contributed by atoms with Crippen LogP contribution in [0.3, 0.4) is 0 Å². The van der Waals surface area contributed by atoms with E-state index in [9.17, 15) is 14.4 Å². The molecule has 230 valence electrons. The van der Waals surface area contributed by atoms with Gasteiger partial charge in [-0.15, -0.1) is 0 Å². The van der Waals surface area contributed by atoms with Crippen molar-refractivity contribution in [1.82, 2.24) is 15.2 Å². The van der Waals surface area contributed by atoms with Crippen LogP contribution in [0.1, 0.15) is 61.6 Å². The lowest BCUT2D eigenvalue weighted by atomic mass is 10.0. The molecular weight excluding hydrogens is 564 g/mol. The quantitative estimate of drug-likeness (QED) is 0.145. The van der Waals surface area contributed by atoms with E-state index in [-0.39, 0.29) is 17.7 Å². The van der Waals surface area contributed by atoms with Crippen LogP contribution in [0.2, 0.25) is 0 Å². The van der Waals surface area contributed by atoms with E-state index in [0.717, 1.165) is 59.1 Å². The predicted molar refractivity (Wildman–Crippen MR) is 180 cm³/mol. The van der Waals surface area contributed by atoms with Crippen LogP contribution in [0.4, 0.5) is 22.7 Å². The van der Waals surface area contributed by atoms with Crippen LogP contribution in [0.25, 0.3) is 11.6 Å². The number of likely N-dealkylation sites (tertiary alicyclic amines) is 1. The molecule has 0 bridgehead atoms. The van der Waals surface area contributed by atoms with Crippen LogP contribution in [0.15, 0.2) is 66.7 Å². The Morgan fingerprint density at radius 3 is 2.47 bits per heavy atom. The van der Waals surface area contributed by atoms with Gasteiger partial charge in [0, 0.05) is 47.0 Å². The molecule has 0 radical (unpaired) electrons. The molecule has 9 heteroatoms. The van der Waals surface area contributed by atoms with Gasteiger partial charge in [-0.1, -0.05) is 36.4 Å². The van der Waals surface area contributed by atoms with E-state index in [1.807, 2.05) is 81.4 Å². The first-order valence-corrected chi connectivity index (χ1v) is 15.4. The summed E-state index contributed by atoms with van der Waals surface area (Å²) in [5.41, 5.74) is 8.62. The van der Waals surface area contributed by atoms with E-state index in [1.165, 1.54) is 12.8 Å². The first kappa shape index (κ1) is 29.9. The predicted octanol–water partition coefficient (Wildman–Crippen LogP) is 6.25. The van der Waals surface area contributed by atoms with E-state index >= 15 is 0 Å².